The molecule has 0 aromatic carbocycles. The van der Waals surface area contributed by atoms with Gasteiger partial charge in [-0.05, 0) is 19.8 Å². The van der Waals surface area contributed by atoms with Crippen LogP contribution < -0.4 is 11.2 Å². The van der Waals surface area contributed by atoms with Crippen molar-refractivity contribution in [2.45, 2.75) is 39.1 Å². The van der Waals surface area contributed by atoms with Crippen LogP contribution in [0.5, 0.6) is 0 Å². The second kappa shape index (κ2) is 7.45. The molecule has 2 heterocycles. The van der Waals surface area contributed by atoms with Crippen LogP contribution in [0.2, 0.25) is 0 Å². The maximum absolute atomic E-state index is 12.7. The monoisotopic (exact) mass is 378 g/mol. The third-order valence-corrected chi connectivity index (χ3v) is 5.03. The molecule has 2 rings (SSSR count). The maximum atomic E-state index is 12.7. The molecule has 2 aromatic rings. The number of rotatable bonds is 5. The van der Waals surface area contributed by atoms with Crippen molar-refractivity contribution in [1.82, 2.24) is 19.1 Å². The van der Waals surface area contributed by atoms with E-state index >= 15 is 0 Å². The van der Waals surface area contributed by atoms with Crippen molar-refractivity contribution in [1.29, 1.82) is 0 Å². The molecule has 140 valence electrons. The molecule has 8 nitrogen and oxygen atoms in total. The number of hydrogen-bond donors (Lipinski definition) is 1. The van der Waals surface area contributed by atoms with E-state index in [1.165, 1.54) is 32.5 Å². The molecule has 0 amide bonds. The van der Waals surface area contributed by atoms with Crippen LogP contribution in [0.4, 0.5) is 0 Å². The van der Waals surface area contributed by atoms with Gasteiger partial charge in [-0.2, -0.15) is 0 Å². The lowest BCUT2D eigenvalue weighted by Crippen LogP contribution is -2.38. The molecule has 2 aromatic heterocycles. The molecule has 0 aliphatic rings. The van der Waals surface area contributed by atoms with Crippen molar-refractivity contribution in [3.05, 3.63) is 37.3 Å². The van der Waals surface area contributed by atoms with Crippen LogP contribution in [0.3, 0.4) is 0 Å². The standard InChI is InChI=1S/C17H22N4O4S/c1-8(2)7-11-18-14-12(16(24)21(6)17(25)20(14)5)15(19-11)26-13(9(3)22)10(4)23/h8,22H,7H2,1-6H3/b13-9-. The first-order valence-electron chi connectivity index (χ1n) is 8.09. The van der Waals surface area contributed by atoms with Crippen molar-refractivity contribution in [2.75, 3.05) is 0 Å². The fourth-order valence-electron chi connectivity index (χ4n) is 2.50. The molecular weight excluding hydrogens is 356 g/mol. The Morgan fingerprint density at radius 3 is 2.27 bits per heavy atom. The van der Waals surface area contributed by atoms with Gasteiger partial charge in [-0.3, -0.25) is 18.7 Å². The van der Waals surface area contributed by atoms with Crippen LogP contribution in [-0.4, -0.2) is 30.0 Å². The lowest BCUT2D eigenvalue weighted by molar-refractivity contribution is -0.113. The van der Waals surface area contributed by atoms with Crippen LogP contribution in [0.25, 0.3) is 11.0 Å². The Bertz CT molecular complexity index is 1030. The fraction of sp³-hybridized carbons (Fsp3) is 0.471. The molecule has 0 fully saturated rings. The van der Waals surface area contributed by atoms with E-state index in [2.05, 4.69) is 9.97 Å². The van der Waals surface area contributed by atoms with Gasteiger partial charge in [-0.15, -0.1) is 0 Å². The van der Waals surface area contributed by atoms with Crippen LogP contribution in [-0.2, 0) is 25.3 Å². The van der Waals surface area contributed by atoms with Gasteiger partial charge in [0.2, 0.25) is 0 Å². The van der Waals surface area contributed by atoms with Gasteiger partial charge < -0.3 is 5.11 Å². The first kappa shape index (κ1) is 19.9. The van der Waals surface area contributed by atoms with Gasteiger partial charge in [0.15, 0.2) is 11.4 Å². The zero-order valence-corrected chi connectivity index (χ0v) is 16.5. The first-order valence-corrected chi connectivity index (χ1v) is 8.91. The second-order valence-corrected chi connectivity index (χ2v) is 7.52. The summed E-state index contributed by atoms with van der Waals surface area (Å²) in [5.74, 6) is 0.239. The minimum Gasteiger partial charge on any atom is -0.511 e. The number of nitrogens with zero attached hydrogens (tertiary/aromatic N) is 4. The lowest BCUT2D eigenvalue weighted by atomic mass is 10.1. The predicted octanol–water partition coefficient (Wildman–Crippen LogP) is 1.70. The van der Waals surface area contributed by atoms with Crippen molar-refractivity contribution >= 4 is 28.6 Å². The molecule has 0 saturated heterocycles. The van der Waals surface area contributed by atoms with Crippen molar-refractivity contribution in [2.24, 2.45) is 20.0 Å². The Morgan fingerprint density at radius 1 is 1.15 bits per heavy atom. The number of hydrogen-bond acceptors (Lipinski definition) is 7. The maximum Gasteiger partial charge on any atom is 0.332 e. The highest BCUT2D eigenvalue weighted by molar-refractivity contribution is 8.04. The molecular formula is C17H22N4O4S. The largest absolute Gasteiger partial charge is 0.511 e. The fourth-order valence-corrected chi connectivity index (χ4v) is 3.42. The van der Waals surface area contributed by atoms with Crippen LogP contribution in [0, 0.1) is 5.92 Å². The molecule has 0 bridgehead atoms. The molecule has 9 heteroatoms. The molecule has 1 N–H and O–H groups in total. The highest BCUT2D eigenvalue weighted by Crippen LogP contribution is 2.31. The van der Waals surface area contributed by atoms with Crippen molar-refractivity contribution in [3.8, 4) is 0 Å². The van der Waals surface area contributed by atoms with E-state index in [-0.39, 0.29) is 38.4 Å². The first-order chi connectivity index (χ1) is 12.0. The molecule has 0 aliphatic heterocycles. The van der Waals surface area contributed by atoms with E-state index in [0.29, 0.717) is 12.2 Å². The van der Waals surface area contributed by atoms with Crippen molar-refractivity contribution in [3.63, 3.8) is 0 Å². The van der Waals surface area contributed by atoms with Gasteiger partial charge in [-0.25, -0.2) is 14.8 Å². The van der Waals surface area contributed by atoms with Crippen LogP contribution in [0.1, 0.15) is 33.5 Å². The number of aliphatic hydroxyl groups excluding tert-OH is 1. The second-order valence-electron chi connectivity index (χ2n) is 6.52. The van der Waals surface area contributed by atoms with Gasteiger partial charge in [0.1, 0.15) is 22.0 Å². The van der Waals surface area contributed by atoms with E-state index in [4.69, 9.17) is 0 Å². The number of ketones is 1. The summed E-state index contributed by atoms with van der Waals surface area (Å²) < 4.78 is 2.26. The summed E-state index contributed by atoms with van der Waals surface area (Å²) in [6, 6.07) is 0. The summed E-state index contributed by atoms with van der Waals surface area (Å²) in [6.07, 6.45) is 0.546. The number of Topliss-reactive ketones (excluding diaryl/α,β-unsaturated/α-hetero) is 1. The van der Waals surface area contributed by atoms with Crippen molar-refractivity contribution < 1.29 is 9.90 Å². The number of allylic oxidation sites excluding steroid dienone is 2. The molecule has 0 atom stereocenters. The van der Waals surface area contributed by atoms with E-state index in [1.807, 2.05) is 13.8 Å². The van der Waals surface area contributed by atoms with Gasteiger partial charge in [0, 0.05) is 20.5 Å². The quantitative estimate of drug-likeness (QED) is 0.365. The minimum atomic E-state index is -0.541. The smallest absolute Gasteiger partial charge is 0.332 e. The summed E-state index contributed by atoms with van der Waals surface area (Å²) >= 11 is 0.913. The number of thioether (sulfide) groups is 1. The molecule has 0 aliphatic carbocycles. The van der Waals surface area contributed by atoms with E-state index in [1.54, 1.807) is 0 Å². The zero-order chi connectivity index (χ0) is 19.8. The highest BCUT2D eigenvalue weighted by atomic mass is 32.2. The normalized spacial score (nSPS) is 12.6. The Morgan fingerprint density at radius 2 is 1.77 bits per heavy atom. The Hall–Kier alpha value is -2.42. The summed E-state index contributed by atoms with van der Waals surface area (Å²) in [6.45, 7) is 6.73. The Kier molecular flexibility index (Phi) is 5.70. The van der Waals surface area contributed by atoms with Gasteiger partial charge in [0.05, 0.1) is 4.91 Å². The summed E-state index contributed by atoms with van der Waals surface area (Å²) in [5, 5.41) is 10.2. The lowest BCUT2D eigenvalue weighted by Gasteiger charge is -2.13. The topological polar surface area (TPSA) is 107 Å². The molecule has 0 spiro atoms. The van der Waals surface area contributed by atoms with Gasteiger partial charge >= 0.3 is 5.69 Å². The third kappa shape index (κ3) is 3.72. The number of aromatic nitrogens is 4. The Balaban J connectivity index is 2.90. The highest BCUT2D eigenvalue weighted by Gasteiger charge is 2.21. The molecule has 0 unspecified atom stereocenters. The molecule has 26 heavy (non-hydrogen) atoms. The van der Waals surface area contributed by atoms with E-state index in [0.717, 1.165) is 16.3 Å². The number of aliphatic hydroxyl groups is 1. The SMILES string of the molecule is CC(=O)/C(Sc1nc(CC(C)C)nc2c1c(=O)n(C)c(=O)n2C)=C(\C)O. The number of carbonyl (C=O) groups is 1. The Labute approximate surface area is 154 Å². The summed E-state index contributed by atoms with van der Waals surface area (Å²) in [7, 11) is 2.91. The van der Waals surface area contributed by atoms with E-state index < -0.39 is 11.2 Å². The molecule has 0 radical (unpaired) electrons. The number of carbonyl (C=O) groups excluding carboxylic acids is 1. The van der Waals surface area contributed by atoms with Gasteiger partial charge in [0.25, 0.3) is 5.56 Å². The predicted molar refractivity (Wildman–Crippen MR) is 100 cm³/mol. The number of aryl methyl sites for hydroxylation is 1. The average molecular weight is 378 g/mol. The summed E-state index contributed by atoms with van der Waals surface area (Å²) in [5.41, 5.74) is -0.821. The third-order valence-electron chi connectivity index (χ3n) is 3.75. The molecule has 0 saturated carbocycles. The van der Waals surface area contributed by atoms with E-state index in [9.17, 15) is 19.5 Å². The van der Waals surface area contributed by atoms with Gasteiger partial charge in [-0.1, -0.05) is 25.6 Å². The van der Waals surface area contributed by atoms with Crippen LogP contribution in [0.15, 0.2) is 25.3 Å². The minimum absolute atomic E-state index is 0.0939. The summed E-state index contributed by atoms with van der Waals surface area (Å²) in [4.78, 5) is 45.7. The van der Waals surface area contributed by atoms with Crippen LogP contribution >= 0.6 is 11.8 Å². The number of fused-ring (bicyclic) bond motifs is 1. The average Bonchev–Trinajstić information content (AvgIpc) is 2.54. The zero-order valence-electron chi connectivity index (χ0n) is 15.7.